The molecule has 120 valence electrons. The molecule has 0 radical (unpaired) electrons. The van der Waals surface area contributed by atoms with E-state index < -0.39 is 6.10 Å². The van der Waals surface area contributed by atoms with Crippen LogP contribution in [0.1, 0.15) is 32.6 Å². The molecule has 3 rings (SSSR count). The van der Waals surface area contributed by atoms with Crippen molar-refractivity contribution < 1.29 is 14.3 Å². The molecule has 22 heavy (non-hydrogen) atoms. The number of hydrogen-bond acceptors (Lipinski definition) is 4. The van der Waals surface area contributed by atoms with E-state index in [0.29, 0.717) is 22.9 Å². The van der Waals surface area contributed by atoms with Gasteiger partial charge < -0.3 is 14.4 Å². The molecule has 0 N–H and O–H groups in total. The summed E-state index contributed by atoms with van der Waals surface area (Å²) in [6, 6.07) is 8.25. The van der Waals surface area contributed by atoms with Gasteiger partial charge in [-0.25, -0.2) is 4.79 Å². The normalized spacial score (nSPS) is 29.1. The van der Waals surface area contributed by atoms with Crippen LogP contribution in [0.5, 0.6) is 5.75 Å². The van der Waals surface area contributed by atoms with Gasteiger partial charge in [-0.3, -0.25) is 0 Å². The number of piperidine rings is 1. The first kappa shape index (κ1) is 15.6. The summed E-state index contributed by atoms with van der Waals surface area (Å²) in [6.45, 7) is 1.70. The minimum atomic E-state index is -0.655. The van der Waals surface area contributed by atoms with Gasteiger partial charge in [0, 0.05) is 12.1 Å². The average molecular weight is 324 g/mol. The summed E-state index contributed by atoms with van der Waals surface area (Å²) in [5.41, 5.74) is 0. The SMILES string of the molecule is CC(Oc1ccccc1Cl)C(=O)OC1C[C@H]2CC[C@@H](C1)N2C. The summed E-state index contributed by atoms with van der Waals surface area (Å²) in [5.74, 6) is 0.200. The number of ether oxygens (including phenoxy) is 2. The summed E-state index contributed by atoms with van der Waals surface area (Å²) < 4.78 is 11.3. The Morgan fingerprint density at radius 1 is 1.27 bits per heavy atom. The van der Waals surface area contributed by atoms with E-state index in [1.165, 1.54) is 12.8 Å². The van der Waals surface area contributed by atoms with E-state index in [2.05, 4.69) is 11.9 Å². The van der Waals surface area contributed by atoms with E-state index in [1.54, 1.807) is 19.1 Å². The lowest BCUT2D eigenvalue weighted by atomic mass is 10.0. The first-order chi connectivity index (χ1) is 10.5. The Morgan fingerprint density at radius 3 is 2.55 bits per heavy atom. The quantitative estimate of drug-likeness (QED) is 0.797. The molecule has 2 bridgehead atoms. The van der Waals surface area contributed by atoms with Gasteiger partial charge in [0.05, 0.1) is 5.02 Å². The molecule has 4 nitrogen and oxygen atoms in total. The van der Waals surface area contributed by atoms with Crippen LogP contribution in [0.3, 0.4) is 0 Å². The average Bonchev–Trinajstić information content (AvgIpc) is 2.72. The Kier molecular flexibility index (Phi) is 4.59. The van der Waals surface area contributed by atoms with Gasteiger partial charge in [0.2, 0.25) is 0 Å². The van der Waals surface area contributed by atoms with Crippen LogP contribution in [-0.4, -0.2) is 42.2 Å². The fraction of sp³-hybridized carbons (Fsp3) is 0.588. The lowest BCUT2D eigenvalue weighted by molar-refractivity contribution is -0.159. The zero-order valence-electron chi connectivity index (χ0n) is 13.0. The second kappa shape index (κ2) is 6.47. The maximum absolute atomic E-state index is 12.2. The van der Waals surface area contributed by atoms with Crippen molar-refractivity contribution in [1.82, 2.24) is 4.90 Å². The zero-order valence-corrected chi connectivity index (χ0v) is 13.8. The summed E-state index contributed by atoms with van der Waals surface area (Å²) in [5, 5.41) is 0.500. The molecule has 0 spiro atoms. The lowest BCUT2D eigenvalue weighted by Crippen LogP contribution is -2.44. The number of carbonyl (C=O) groups excluding carboxylic acids is 1. The number of halogens is 1. The number of rotatable bonds is 4. The third-order valence-corrected chi connectivity index (χ3v) is 5.12. The number of carbonyl (C=O) groups is 1. The molecule has 2 aliphatic rings. The molecule has 0 aliphatic carbocycles. The molecule has 1 aromatic rings. The highest BCUT2D eigenvalue weighted by atomic mass is 35.5. The molecular formula is C17H22ClNO3. The molecule has 2 heterocycles. The molecule has 2 saturated heterocycles. The van der Waals surface area contributed by atoms with E-state index in [0.717, 1.165) is 12.8 Å². The van der Waals surface area contributed by atoms with Crippen LogP contribution in [0.25, 0.3) is 0 Å². The number of nitrogens with zero attached hydrogens (tertiary/aromatic N) is 1. The van der Waals surface area contributed by atoms with Crippen LogP contribution < -0.4 is 4.74 Å². The Bertz CT molecular complexity index is 536. The Hall–Kier alpha value is -1.26. The van der Waals surface area contributed by atoms with Gasteiger partial charge in [-0.15, -0.1) is 0 Å². The zero-order chi connectivity index (χ0) is 15.7. The molecular weight excluding hydrogens is 302 g/mol. The second-order valence-electron chi connectivity index (χ2n) is 6.27. The molecule has 2 fully saturated rings. The number of hydrogen-bond donors (Lipinski definition) is 0. The van der Waals surface area contributed by atoms with Gasteiger partial charge in [0.1, 0.15) is 11.9 Å². The third kappa shape index (κ3) is 3.23. The largest absolute Gasteiger partial charge is 0.477 e. The van der Waals surface area contributed by atoms with E-state index in [9.17, 15) is 4.79 Å². The molecule has 0 amide bonds. The fourth-order valence-electron chi connectivity index (χ4n) is 3.50. The van der Waals surface area contributed by atoms with Crippen molar-refractivity contribution >= 4 is 17.6 Å². The van der Waals surface area contributed by atoms with Gasteiger partial charge in [0.25, 0.3) is 0 Å². The van der Waals surface area contributed by atoms with Crippen molar-refractivity contribution in [2.24, 2.45) is 0 Å². The van der Waals surface area contributed by atoms with E-state index >= 15 is 0 Å². The van der Waals surface area contributed by atoms with E-state index in [1.807, 2.05) is 12.1 Å². The van der Waals surface area contributed by atoms with Crippen molar-refractivity contribution in [1.29, 1.82) is 0 Å². The second-order valence-corrected chi connectivity index (χ2v) is 6.68. The van der Waals surface area contributed by atoms with Crippen molar-refractivity contribution in [2.45, 2.75) is 56.9 Å². The highest BCUT2D eigenvalue weighted by Crippen LogP contribution is 2.35. The Labute approximate surface area is 136 Å². The summed E-state index contributed by atoms with van der Waals surface area (Å²) in [6.07, 6.45) is 3.63. The van der Waals surface area contributed by atoms with Crippen LogP contribution in [0.15, 0.2) is 24.3 Å². The number of fused-ring (bicyclic) bond motifs is 2. The predicted octanol–water partition coefficient (Wildman–Crippen LogP) is 3.28. The first-order valence-corrected chi connectivity index (χ1v) is 8.26. The number of benzene rings is 1. The van der Waals surface area contributed by atoms with Crippen LogP contribution in [0, 0.1) is 0 Å². The van der Waals surface area contributed by atoms with Gasteiger partial charge in [-0.05, 0) is 51.8 Å². The monoisotopic (exact) mass is 323 g/mol. The topological polar surface area (TPSA) is 38.8 Å². The van der Waals surface area contributed by atoms with E-state index in [4.69, 9.17) is 21.1 Å². The molecule has 2 unspecified atom stereocenters. The number of esters is 1. The molecule has 4 atom stereocenters. The van der Waals surface area contributed by atoms with E-state index in [-0.39, 0.29) is 12.1 Å². The van der Waals surface area contributed by atoms with Crippen LogP contribution >= 0.6 is 11.6 Å². The van der Waals surface area contributed by atoms with Crippen molar-refractivity contribution in [2.75, 3.05) is 7.05 Å². The first-order valence-electron chi connectivity index (χ1n) is 7.88. The van der Waals surface area contributed by atoms with Gasteiger partial charge in [0.15, 0.2) is 6.10 Å². The minimum absolute atomic E-state index is 0.0125. The van der Waals surface area contributed by atoms with Crippen LogP contribution in [0.4, 0.5) is 0 Å². The summed E-state index contributed by atoms with van der Waals surface area (Å²) in [7, 11) is 2.17. The molecule has 5 heteroatoms. The Morgan fingerprint density at radius 2 is 1.91 bits per heavy atom. The lowest BCUT2D eigenvalue weighted by Gasteiger charge is -2.36. The summed E-state index contributed by atoms with van der Waals surface area (Å²) in [4.78, 5) is 14.7. The van der Waals surface area contributed by atoms with Gasteiger partial charge in [-0.1, -0.05) is 23.7 Å². The smallest absolute Gasteiger partial charge is 0.347 e. The maximum atomic E-state index is 12.2. The van der Waals surface area contributed by atoms with Crippen molar-refractivity contribution in [3.63, 3.8) is 0 Å². The third-order valence-electron chi connectivity index (χ3n) is 4.81. The summed E-state index contributed by atoms with van der Waals surface area (Å²) >= 11 is 6.04. The van der Waals surface area contributed by atoms with Gasteiger partial charge >= 0.3 is 5.97 Å². The van der Waals surface area contributed by atoms with Crippen molar-refractivity contribution in [3.8, 4) is 5.75 Å². The van der Waals surface area contributed by atoms with Crippen molar-refractivity contribution in [3.05, 3.63) is 29.3 Å². The fourth-order valence-corrected chi connectivity index (χ4v) is 3.68. The molecule has 0 saturated carbocycles. The molecule has 2 aliphatic heterocycles. The molecule has 0 aromatic heterocycles. The predicted molar refractivity (Wildman–Crippen MR) is 85.2 cm³/mol. The van der Waals surface area contributed by atoms with Crippen LogP contribution in [0.2, 0.25) is 5.02 Å². The maximum Gasteiger partial charge on any atom is 0.347 e. The highest BCUT2D eigenvalue weighted by Gasteiger charge is 2.40. The minimum Gasteiger partial charge on any atom is -0.477 e. The van der Waals surface area contributed by atoms with Crippen LogP contribution in [-0.2, 0) is 9.53 Å². The number of para-hydroxylation sites is 1. The Balaban J connectivity index is 1.55. The standard InChI is InChI=1S/C17H22ClNO3/c1-11(21-16-6-4-3-5-15(16)18)17(20)22-14-9-12-7-8-13(10-14)19(12)2/h3-6,11-14H,7-10H2,1-2H3/t11?,12-,13+,14?. The molecule has 1 aromatic carbocycles. The highest BCUT2D eigenvalue weighted by molar-refractivity contribution is 6.32. The van der Waals surface area contributed by atoms with Gasteiger partial charge in [-0.2, -0.15) is 0 Å².